The quantitative estimate of drug-likeness (QED) is 0.0234. The molecule has 13 nitrogen and oxygen atoms in total. The van der Waals surface area contributed by atoms with Crippen molar-refractivity contribution in [3.8, 4) is 11.5 Å². The Balaban J connectivity index is 0.000000254. The van der Waals surface area contributed by atoms with Crippen LogP contribution in [0.15, 0.2) is 133 Å². The highest BCUT2D eigenvalue weighted by atomic mass is 127. The van der Waals surface area contributed by atoms with Crippen LogP contribution in [0.2, 0.25) is 0 Å². The first-order chi connectivity index (χ1) is 32.8. The summed E-state index contributed by atoms with van der Waals surface area (Å²) in [5.74, 6) is -0.756. The molecule has 0 aliphatic carbocycles. The normalized spacial score (nSPS) is 20.4. The summed E-state index contributed by atoms with van der Waals surface area (Å²) in [5, 5.41) is 9.47. The fourth-order valence-corrected chi connectivity index (χ4v) is 8.13. The van der Waals surface area contributed by atoms with E-state index in [9.17, 15) is 14.7 Å². The number of esters is 2. The van der Waals surface area contributed by atoms with Gasteiger partial charge in [0.15, 0.2) is 11.6 Å². The van der Waals surface area contributed by atoms with Gasteiger partial charge in [-0.05, 0) is 125 Å². The van der Waals surface area contributed by atoms with Gasteiger partial charge in [0.2, 0.25) is 0 Å². The van der Waals surface area contributed by atoms with E-state index in [1.165, 1.54) is 0 Å². The highest BCUT2D eigenvalue weighted by Gasteiger charge is 2.46. The first-order valence-corrected chi connectivity index (χ1v) is 24.5. The van der Waals surface area contributed by atoms with Gasteiger partial charge in [0.1, 0.15) is 35.9 Å². The van der Waals surface area contributed by atoms with E-state index >= 15 is 0 Å². The van der Waals surface area contributed by atoms with Crippen LogP contribution < -0.4 is 9.47 Å². The zero-order valence-electron chi connectivity index (χ0n) is 40.0. The van der Waals surface area contributed by atoms with Gasteiger partial charge < -0.3 is 52.5 Å². The van der Waals surface area contributed by atoms with E-state index in [1.807, 2.05) is 125 Å². The number of carbonyl (C=O) groups is 2. The summed E-state index contributed by atoms with van der Waals surface area (Å²) in [6, 6.07) is 33.4. The van der Waals surface area contributed by atoms with Gasteiger partial charge in [-0.3, -0.25) is 0 Å². The van der Waals surface area contributed by atoms with Crippen molar-refractivity contribution in [3.63, 3.8) is 0 Å². The Labute approximate surface area is 415 Å². The number of ether oxygens (including phenoxy) is 10. The molecule has 0 radical (unpaired) electrons. The highest BCUT2D eigenvalue weighted by Crippen LogP contribution is 2.35. The van der Waals surface area contributed by atoms with E-state index in [-0.39, 0.29) is 24.8 Å². The smallest absolute Gasteiger partial charge is 0.338 e. The second-order valence-electron chi connectivity index (χ2n) is 17.0. The molecule has 1 N–H and O–H groups in total. The molecule has 2 saturated heterocycles. The number of hydrogen-bond acceptors (Lipinski definition) is 13. The van der Waals surface area contributed by atoms with E-state index in [0.717, 1.165) is 33.5 Å². The Morgan fingerprint density at radius 3 is 1.37 bits per heavy atom. The van der Waals surface area contributed by atoms with Crippen LogP contribution in [0.1, 0.15) is 85.2 Å². The summed E-state index contributed by atoms with van der Waals surface area (Å²) < 4.78 is 58.8. The van der Waals surface area contributed by atoms with Gasteiger partial charge >= 0.3 is 11.9 Å². The second kappa shape index (κ2) is 28.1. The number of benzene rings is 4. The molecule has 2 heterocycles. The third-order valence-electron chi connectivity index (χ3n) is 10.8. The average Bonchev–Trinajstić information content (AvgIpc) is 3.83. The summed E-state index contributed by atoms with van der Waals surface area (Å²) in [4.78, 5) is 25.5. The van der Waals surface area contributed by atoms with Gasteiger partial charge in [0.05, 0.1) is 64.0 Å². The van der Waals surface area contributed by atoms with Crippen LogP contribution >= 0.6 is 22.6 Å². The fourth-order valence-electron chi connectivity index (χ4n) is 7.51. The Bertz CT molecular complexity index is 1970. The SMILES string of the molecule is COc1ccc(COCC/C=C\C(OC(=O)c2ccccc2)[C@H]2OC(C)(C)O[C@H]2CCI)cc1.COc1ccc(COCC/C=C\C(OC(=O)c2ccccc2)[C@H]2OC(C)(C)O[C@H]2CCO)cc1. The van der Waals surface area contributed by atoms with Crippen LogP contribution in [0.3, 0.4) is 0 Å². The molecular formula is C54H67IO13. The topological polar surface area (TPSA) is 147 Å². The minimum Gasteiger partial charge on any atom is -0.497 e. The number of hydrogen-bond donors (Lipinski definition) is 1. The third kappa shape index (κ3) is 18.0. The van der Waals surface area contributed by atoms with Gasteiger partial charge in [-0.25, -0.2) is 9.59 Å². The van der Waals surface area contributed by atoms with Crippen molar-refractivity contribution in [2.24, 2.45) is 0 Å². The van der Waals surface area contributed by atoms with Crippen LogP contribution in [0, 0.1) is 0 Å². The molecule has 368 valence electrons. The van der Waals surface area contributed by atoms with Crippen molar-refractivity contribution in [2.45, 2.75) is 115 Å². The monoisotopic (exact) mass is 1050 g/mol. The summed E-state index contributed by atoms with van der Waals surface area (Å²) in [5.41, 5.74) is 3.11. The van der Waals surface area contributed by atoms with E-state index in [1.54, 1.807) is 50.6 Å². The molecule has 0 spiro atoms. The molecule has 68 heavy (non-hydrogen) atoms. The van der Waals surface area contributed by atoms with Crippen molar-refractivity contribution >= 4 is 34.5 Å². The third-order valence-corrected chi connectivity index (χ3v) is 11.4. The number of halogens is 1. The van der Waals surface area contributed by atoms with Crippen molar-refractivity contribution in [1.29, 1.82) is 0 Å². The zero-order valence-corrected chi connectivity index (χ0v) is 42.1. The number of rotatable bonds is 24. The molecule has 6 atom stereocenters. The van der Waals surface area contributed by atoms with Crippen molar-refractivity contribution in [3.05, 3.63) is 156 Å². The second-order valence-corrected chi connectivity index (χ2v) is 18.1. The van der Waals surface area contributed by atoms with Gasteiger partial charge in [-0.1, -0.05) is 95.4 Å². The maximum Gasteiger partial charge on any atom is 0.338 e. The van der Waals surface area contributed by atoms with Crippen molar-refractivity contribution < 1.29 is 62.1 Å². The minimum absolute atomic E-state index is 0.0527. The molecule has 2 aliphatic heterocycles. The standard InChI is InChI=1S/C27H33IO6.C27H34O7/c2*1-27(2)33-24(16-17-28)25(34-27)23(32-26(29)21-9-5-4-6-10-21)11-7-8-18-31-19-20-12-14-22(30-3)15-13-20/h4-7,9-15,23-25H,8,16-19H2,1-3H3;4-7,9-15,23-25,28H,8,16-19H2,1-3H3/b2*11-7-/t2*23?,24-,25+/m00/s1. The number of alkyl halides is 1. The fraction of sp³-hybridized carbons (Fsp3) is 0.444. The lowest BCUT2D eigenvalue weighted by atomic mass is 10.0. The maximum atomic E-state index is 12.8. The number of aliphatic hydroxyl groups excluding tert-OH is 1. The van der Waals surface area contributed by atoms with Gasteiger partial charge in [0, 0.05) is 11.0 Å². The molecule has 4 aromatic rings. The molecule has 0 aromatic heterocycles. The van der Waals surface area contributed by atoms with Crippen LogP contribution in [0.5, 0.6) is 11.5 Å². The molecule has 14 heteroatoms. The molecule has 2 aliphatic rings. The first kappa shape index (κ1) is 54.3. The maximum absolute atomic E-state index is 12.8. The number of aliphatic hydroxyl groups is 1. The Morgan fingerprint density at radius 1 is 0.603 bits per heavy atom. The Morgan fingerprint density at radius 2 is 1.00 bits per heavy atom. The van der Waals surface area contributed by atoms with Gasteiger partial charge in [-0.15, -0.1) is 0 Å². The summed E-state index contributed by atoms with van der Waals surface area (Å²) >= 11 is 2.32. The number of methoxy groups -OCH3 is 2. The van der Waals surface area contributed by atoms with Gasteiger partial charge in [-0.2, -0.15) is 0 Å². The minimum atomic E-state index is -0.836. The zero-order chi connectivity index (χ0) is 48.8. The first-order valence-electron chi connectivity index (χ1n) is 23.0. The molecule has 6 rings (SSSR count). The molecule has 4 aromatic carbocycles. The van der Waals surface area contributed by atoms with E-state index in [0.29, 0.717) is 56.8 Å². The summed E-state index contributed by atoms with van der Waals surface area (Å²) in [7, 11) is 3.29. The van der Waals surface area contributed by atoms with Crippen molar-refractivity contribution in [1.82, 2.24) is 0 Å². The molecule has 0 bridgehead atoms. The Hall–Kier alpha value is -4.65. The molecule has 0 saturated carbocycles. The van der Waals surface area contributed by atoms with E-state index < -0.39 is 42.0 Å². The van der Waals surface area contributed by atoms with Crippen LogP contribution in [-0.2, 0) is 51.1 Å². The van der Waals surface area contributed by atoms with E-state index in [2.05, 4.69) is 22.6 Å². The van der Waals surface area contributed by atoms with Crippen LogP contribution in [0.4, 0.5) is 0 Å². The molecular weight excluding hydrogens is 983 g/mol. The number of carbonyl (C=O) groups excluding carboxylic acids is 2. The van der Waals surface area contributed by atoms with Crippen LogP contribution in [0.25, 0.3) is 0 Å². The summed E-state index contributed by atoms with van der Waals surface area (Å²) in [6.45, 7) is 9.42. The van der Waals surface area contributed by atoms with Crippen molar-refractivity contribution in [2.75, 3.05) is 38.5 Å². The van der Waals surface area contributed by atoms with Gasteiger partial charge in [0.25, 0.3) is 0 Å². The van der Waals surface area contributed by atoms with Crippen LogP contribution in [-0.4, -0.2) is 104 Å². The molecule has 2 fully saturated rings. The largest absolute Gasteiger partial charge is 0.497 e. The Kier molecular flexibility index (Phi) is 22.5. The average molecular weight is 1050 g/mol. The molecule has 2 unspecified atom stereocenters. The molecule has 0 amide bonds. The highest BCUT2D eigenvalue weighted by molar-refractivity contribution is 14.1. The lowest BCUT2D eigenvalue weighted by Crippen LogP contribution is -2.38. The lowest BCUT2D eigenvalue weighted by Gasteiger charge is -2.24. The predicted molar refractivity (Wildman–Crippen MR) is 267 cm³/mol. The predicted octanol–water partition coefficient (Wildman–Crippen LogP) is 10.0. The lowest BCUT2D eigenvalue weighted by molar-refractivity contribution is -0.153. The van der Waals surface area contributed by atoms with E-state index in [4.69, 9.17) is 47.4 Å². The summed E-state index contributed by atoms with van der Waals surface area (Å²) in [6.07, 6.45) is 7.41.